The molecule has 0 aliphatic rings. The minimum absolute atomic E-state index is 1.29. The zero-order valence-electron chi connectivity index (χ0n) is 9.16. The van der Waals surface area contributed by atoms with Crippen LogP contribution >= 0.6 is 33.1 Å². The van der Waals surface area contributed by atoms with Crippen molar-refractivity contribution >= 4 is 41.4 Å². The molecule has 0 heterocycles. The Kier molecular flexibility index (Phi) is 6.57. The Morgan fingerprint density at radius 2 is 1.00 bits per heavy atom. The lowest BCUT2D eigenvalue weighted by molar-refractivity contribution is 0.621. The Morgan fingerprint density at radius 3 is 1.28 bits per heavy atom. The van der Waals surface area contributed by atoms with Crippen molar-refractivity contribution in [3.05, 3.63) is 60.7 Å². The highest BCUT2D eigenvalue weighted by molar-refractivity contribution is 8.31. The third-order valence-electron chi connectivity index (χ3n) is 1.72. The molecular formula is C12H10Cl2O2S2. The van der Waals surface area contributed by atoms with Gasteiger partial charge in [-0.1, -0.05) is 48.2 Å². The summed E-state index contributed by atoms with van der Waals surface area (Å²) in [4.78, 5) is 2.57. The standard InChI is InChI=1S/C12H10S.Cl2O2S/c1-3-7-11(8-4-1)13-12-9-5-2-6-10-12;1-5(2,3)4/h1-10H;. The van der Waals surface area contributed by atoms with Gasteiger partial charge < -0.3 is 0 Å². The van der Waals surface area contributed by atoms with Gasteiger partial charge in [0.2, 0.25) is 0 Å². The fourth-order valence-corrected chi connectivity index (χ4v) is 1.97. The molecule has 0 unspecified atom stereocenters. The van der Waals surface area contributed by atoms with Crippen molar-refractivity contribution in [3.8, 4) is 0 Å². The van der Waals surface area contributed by atoms with E-state index in [0.29, 0.717) is 0 Å². The van der Waals surface area contributed by atoms with E-state index in [0.717, 1.165) is 0 Å². The van der Waals surface area contributed by atoms with Gasteiger partial charge >= 0.3 is 8.26 Å². The molecule has 2 aromatic rings. The molecule has 0 bridgehead atoms. The summed E-state index contributed by atoms with van der Waals surface area (Å²) in [7, 11) is 4.81. The number of hydrogen-bond donors (Lipinski definition) is 0. The van der Waals surface area contributed by atoms with Gasteiger partial charge in [-0.25, -0.2) is 0 Å². The lowest BCUT2D eigenvalue weighted by atomic mass is 10.4. The van der Waals surface area contributed by atoms with Crippen LogP contribution in [0.1, 0.15) is 0 Å². The molecule has 2 rings (SSSR count). The molecule has 0 fully saturated rings. The van der Waals surface area contributed by atoms with Crippen molar-refractivity contribution in [1.29, 1.82) is 0 Å². The van der Waals surface area contributed by atoms with Crippen LogP contribution in [0, 0.1) is 0 Å². The van der Waals surface area contributed by atoms with Gasteiger partial charge in [0.05, 0.1) is 0 Å². The first-order valence-electron chi connectivity index (χ1n) is 4.87. The minimum atomic E-state index is -3.72. The largest absolute Gasteiger partial charge is 0.317 e. The zero-order chi connectivity index (χ0) is 13.4. The van der Waals surface area contributed by atoms with Crippen molar-refractivity contribution in [1.82, 2.24) is 0 Å². The SMILES string of the molecule is O=S(=O)(Cl)Cl.c1ccc(Sc2ccccc2)cc1. The number of benzene rings is 2. The average molecular weight is 321 g/mol. The number of halogens is 2. The van der Waals surface area contributed by atoms with Crippen molar-refractivity contribution in [2.75, 3.05) is 0 Å². The molecule has 0 atom stereocenters. The molecule has 96 valence electrons. The van der Waals surface area contributed by atoms with Gasteiger partial charge in [0.15, 0.2) is 0 Å². The molecule has 0 aromatic heterocycles. The maximum absolute atomic E-state index is 9.16. The van der Waals surface area contributed by atoms with Crippen LogP contribution < -0.4 is 0 Å². The van der Waals surface area contributed by atoms with Crippen LogP contribution in [-0.4, -0.2) is 8.42 Å². The summed E-state index contributed by atoms with van der Waals surface area (Å²) in [5, 5.41) is 0. The normalized spacial score (nSPS) is 10.3. The lowest BCUT2D eigenvalue weighted by Gasteiger charge is -1.99. The quantitative estimate of drug-likeness (QED) is 0.761. The van der Waals surface area contributed by atoms with Gasteiger partial charge in [0.25, 0.3) is 0 Å². The van der Waals surface area contributed by atoms with Crippen LogP contribution in [0.15, 0.2) is 70.5 Å². The first kappa shape index (κ1) is 15.4. The van der Waals surface area contributed by atoms with Gasteiger partial charge in [-0.15, -0.1) is 0 Å². The molecule has 6 heteroatoms. The Hall–Kier alpha value is -0.680. The summed E-state index contributed by atoms with van der Waals surface area (Å²) in [6.07, 6.45) is 0. The fourth-order valence-electron chi connectivity index (χ4n) is 1.11. The average Bonchev–Trinajstić information content (AvgIpc) is 2.29. The summed E-state index contributed by atoms with van der Waals surface area (Å²) < 4.78 is 18.3. The second kappa shape index (κ2) is 7.69. The highest BCUT2D eigenvalue weighted by Gasteiger charge is 1.93. The summed E-state index contributed by atoms with van der Waals surface area (Å²) in [5.74, 6) is 0. The fraction of sp³-hybridized carbons (Fsp3) is 0. The molecule has 0 N–H and O–H groups in total. The smallest absolute Gasteiger partial charge is 0.195 e. The van der Waals surface area contributed by atoms with E-state index in [-0.39, 0.29) is 0 Å². The van der Waals surface area contributed by atoms with E-state index < -0.39 is 8.26 Å². The van der Waals surface area contributed by atoms with Crippen molar-refractivity contribution in [2.45, 2.75) is 9.79 Å². The third kappa shape index (κ3) is 8.42. The van der Waals surface area contributed by atoms with Crippen LogP contribution in [0.3, 0.4) is 0 Å². The predicted octanol–water partition coefficient (Wildman–Crippen LogP) is 4.55. The second-order valence-corrected chi connectivity index (χ2v) is 7.92. The van der Waals surface area contributed by atoms with Crippen LogP contribution in [0.5, 0.6) is 0 Å². The predicted molar refractivity (Wildman–Crippen MR) is 77.6 cm³/mol. The zero-order valence-corrected chi connectivity index (χ0v) is 12.3. The summed E-state index contributed by atoms with van der Waals surface area (Å²) >= 11 is 1.79. The molecule has 2 nitrogen and oxygen atoms in total. The Bertz CT molecular complexity index is 512. The van der Waals surface area contributed by atoms with Gasteiger partial charge in [-0.2, -0.15) is 8.42 Å². The van der Waals surface area contributed by atoms with E-state index in [1.54, 1.807) is 11.8 Å². The first-order chi connectivity index (χ1) is 8.45. The lowest BCUT2D eigenvalue weighted by Crippen LogP contribution is -1.70. The molecule has 0 saturated carbocycles. The van der Waals surface area contributed by atoms with E-state index in [2.05, 4.69) is 69.9 Å². The Labute approximate surface area is 120 Å². The third-order valence-corrected chi connectivity index (χ3v) is 2.74. The highest BCUT2D eigenvalue weighted by Crippen LogP contribution is 2.26. The monoisotopic (exact) mass is 320 g/mol. The minimum Gasteiger partial charge on any atom is -0.195 e. The van der Waals surface area contributed by atoms with Gasteiger partial charge in [-0.3, -0.25) is 0 Å². The van der Waals surface area contributed by atoms with Crippen LogP contribution in [0.25, 0.3) is 0 Å². The Morgan fingerprint density at radius 1 is 0.722 bits per heavy atom. The van der Waals surface area contributed by atoms with E-state index in [4.69, 9.17) is 8.42 Å². The van der Waals surface area contributed by atoms with Crippen molar-refractivity contribution in [2.24, 2.45) is 0 Å². The van der Waals surface area contributed by atoms with E-state index >= 15 is 0 Å². The van der Waals surface area contributed by atoms with Gasteiger partial charge in [0.1, 0.15) is 0 Å². The summed E-state index contributed by atoms with van der Waals surface area (Å²) in [6, 6.07) is 20.8. The van der Waals surface area contributed by atoms with E-state index in [9.17, 15) is 0 Å². The maximum atomic E-state index is 9.16. The molecule has 0 amide bonds. The number of rotatable bonds is 2. The molecule has 0 spiro atoms. The topological polar surface area (TPSA) is 34.1 Å². The van der Waals surface area contributed by atoms with Crippen LogP contribution in [0.2, 0.25) is 0 Å². The molecule has 0 saturated heterocycles. The molecule has 18 heavy (non-hydrogen) atoms. The summed E-state index contributed by atoms with van der Waals surface area (Å²) in [5.41, 5.74) is 0. The highest BCUT2D eigenvalue weighted by atomic mass is 36.0. The molecule has 0 radical (unpaired) electrons. The van der Waals surface area contributed by atoms with Crippen molar-refractivity contribution in [3.63, 3.8) is 0 Å². The summed E-state index contributed by atoms with van der Waals surface area (Å²) in [6.45, 7) is 0. The molecule has 0 aliphatic heterocycles. The first-order valence-corrected chi connectivity index (χ1v) is 8.82. The van der Waals surface area contributed by atoms with Gasteiger partial charge in [0, 0.05) is 31.2 Å². The van der Waals surface area contributed by atoms with E-state index in [1.165, 1.54) is 9.79 Å². The van der Waals surface area contributed by atoms with Crippen LogP contribution in [0.4, 0.5) is 0 Å². The molecule has 2 aromatic carbocycles. The molecular weight excluding hydrogens is 311 g/mol. The maximum Gasteiger partial charge on any atom is 0.317 e. The van der Waals surface area contributed by atoms with Gasteiger partial charge in [-0.05, 0) is 24.3 Å². The molecule has 0 aliphatic carbocycles. The van der Waals surface area contributed by atoms with Crippen molar-refractivity contribution < 1.29 is 8.42 Å². The number of hydrogen-bond acceptors (Lipinski definition) is 3. The van der Waals surface area contributed by atoms with Crippen LogP contribution in [-0.2, 0) is 8.26 Å². The second-order valence-electron chi connectivity index (χ2n) is 3.11. The van der Waals surface area contributed by atoms with E-state index in [1.807, 2.05) is 12.1 Å². The Balaban J connectivity index is 0.000000280.